The molecular weight excluding hydrogens is 438 g/mol. The Morgan fingerprint density at radius 1 is 1.23 bits per heavy atom. The summed E-state index contributed by atoms with van der Waals surface area (Å²) >= 11 is 7.95. The minimum Gasteiger partial charge on any atom is -0.393 e. The third-order valence-electron chi connectivity index (χ3n) is 5.77. The number of rotatable bonds is 7. The summed E-state index contributed by atoms with van der Waals surface area (Å²) in [6.45, 7) is 3.25. The molecule has 4 rings (SSSR count). The number of aromatic nitrogens is 2. The lowest BCUT2D eigenvalue weighted by Gasteiger charge is -2.31. The number of halogens is 1. The Hall–Kier alpha value is -1.78. The Morgan fingerprint density at radius 3 is 2.74 bits per heavy atom. The lowest BCUT2D eigenvalue weighted by Crippen LogP contribution is -2.38. The molecule has 2 fully saturated rings. The fourth-order valence-corrected chi connectivity index (χ4v) is 4.82. The zero-order valence-corrected chi connectivity index (χ0v) is 18.8. The van der Waals surface area contributed by atoms with Crippen LogP contribution in [0.5, 0.6) is 0 Å². The molecule has 0 amide bonds. The van der Waals surface area contributed by atoms with Gasteiger partial charge in [-0.15, -0.1) is 0 Å². The quantitative estimate of drug-likeness (QED) is 0.537. The van der Waals surface area contributed by atoms with E-state index in [9.17, 15) is 9.90 Å². The maximum absolute atomic E-state index is 12.8. The van der Waals surface area contributed by atoms with E-state index in [4.69, 9.17) is 16.3 Å². The van der Waals surface area contributed by atoms with Crippen LogP contribution >= 0.6 is 23.7 Å². The highest BCUT2D eigenvalue weighted by atomic mass is 35.5. The van der Waals surface area contributed by atoms with Gasteiger partial charge in [0.1, 0.15) is 5.02 Å². The second kappa shape index (κ2) is 10.7. The van der Waals surface area contributed by atoms with Gasteiger partial charge in [0.25, 0.3) is 5.56 Å². The molecule has 8 nitrogen and oxygen atoms in total. The van der Waals surface area contributed by atoms with E-state index in [1.807, 2.05) is 30.3 Å². The monoisotopic (exact) mass is 465 g/mol. The van der Waals surface area contributed by atoms with Crippen LogP contribution in [0.4, 0.5) is 11.4 Å². The van der Waals surface area contributed by atoms with Crippen molar-refractivity contribution in [2.45, 2.75) is 31.4 Å². The smallest absolute Gasteiger partial charge is 0.287 e. The molecule has 1 aromatic heterocycles. The molecule has 31 heavy (non-hydrogen) atoms. The van der Waals surface area contributed by atoms with E-state index in [0.717, 1.165) is 31.6 Å². The van der Waals surface area contributed by atoms with Crippen molar-refractivity contribution in [2.75, 3.05) is 42.9 Å². The van der Waals surface area contributed by atoms with Gasteiger partial charge >= 0.3 is 0 Å². The number of nitrogens with zero attached hydrogens (tertiary/aromatic N) is 3. The first-order valence-corrected chi connectivity index (χ1v) is 11.8. The number of para-hydroxylation sites is 1. The summed E-state index contributed by atoms with van der Waals surface area (Å²) in [5, 5.41) is 17.7. The average molecular weight is 466 g/mol. The van der Waals surface area contributed by atoms with E-state index in [1.54, 1.807) is 18.3 Å². The molecule has 10 heteroatoms. The van der Waals surface area contributed by atoms with Crippen LogP contribution in [0.3, 0.4) is 0 Å². The van der Waals surface area contributed by atoms with Crippen molar-refractivity contribution in [1.29, 1.82) is 0 Å². The van der Waals surface area contributed by atoms with Gasteiger partial charge in [0.2, 0.25) is 0 Å². The molecule has 2 atom stereocenters. The van der Waals surface area contributed by atoms with Crippen LogP contribution in [0, 0.1) is 5.92 Å². The van der Waals surface area contributed by atoms with E-state index < -0.39 is 6.10 Å². The Balaban J connectivity index is 1.30. The van der Waals surface area contributed by atoms with E-state index in [0.29, 0.717) is 31.9 Å². The number of nitrogens with one attached hydrogen (secondary N) is 2. The summed E-state index contributed by atoms with van der Waals surface area (Å²) < 4.78 is 12.5. The average Bonchev–Trinajstić information content (AvgIpc) is 2.81. The fraction of sp³-hybridized carbons (Fsp3) is 0.524. The molecule has 2 aromatic rings. The maximum atomic E-state index is 12.8. The molecule has 168 valence electrons. The normalized spacial score (nSPS) is 22.9. The fourth-order valence-electron chi connectivity index (χ4n) is 3.85. The van der Waals surface area contributed by atoms with Crippen molar-refractivity contribution in [3.63, 3.8) is 0 Å². The second-order valence-electron chi connectivity index (χ2n) is 7.91. The highest BCUT2D eigenvalue weighted by Gasteiger charge is 2.26. The van der Waals surface area contributed by atoms with Gasteiger partial charge in [-0.25, -0.2) is 8.99 Å². The van der Waals surface area contributed by atoms with Crippen LogP contribution in [0.1, 0.15) is 25.3 Å². The summed E-state index contributed by atoms with van der Waals surface area (Å²) in [5.41, 5.74) is 1.29. The predicted molar refractivity (Wildman–Crippen MR) is 124 cm³/mol. The number of hydrogen-bond donors (Lipinski definition) is 3. The molecule has 3 heterocycles. The van der Waals surface area contributed by atoms with Crippen LogP contribution in [-0.4, -0.2) is 58.1 Å². The molecule has 0 aliphatic carbocycles. The van der Waals surface area contributed by atoms with Crippen LogP contribution in [-0.2, 0) is 4.74 Å². The minimum absolute atomic E-state index is 0.0289. The van der Waals surface area contributed by atoms with Gasteiger partial charge in [-0.1, -0.05) is 29.8 Å². The van der Waals surface area contributed by atoms with Gasteiger partial charge in [-0.2, -0.15) is 5.10 Å². The van der Waals surface area contributed by atoms with Crippen molar-refractivity contribution in [3.05, 3.63) is 51.9 Å². The SMILES string of the molecule is O=c1c(Cl)c(NCC2COCCC2O)cnn1C1CCN(SNc2ccccc2)CC1. The molecule has 2 saturated heterocycles. The molecule has 0 radical (unpaired) electrons. The minimum atomic E-state index is -0.409. The van der Waals surface area contributed by atoms with E-state index >= 15 is 0 Å². The van der Waals surface area contributed by atoms with Crippen LogP contribution < -0.4 is 15.6 Å². The first kappa shape index (κ1) is 22.4. The van der Waals surface area contributed by atoms with Gasteiger partial charge in [0.05, 0.1) is 30.6 Å². The molecule has 3 N–H and O–H groups in total. The van der Waals surface area contributed by atoms with Gasteiger partial charge in [0.15, 0.2) is 0 Å². The number of hydrogen-bond acceptors (Lipinski definition) is 8. The van der Waals surface area contributed by atoms with E-state index in [2.05, 4.69) is 19.4 Å². The van der Waals surface area contributed by atoms with Crippen molar-refractivity contribution in [3.8, 4) is 0 Å². The molecule has 2 aliphatic heterocycles. The lowest BCUT2D eigenvalue weighted by molar-refractivity contribution is -0.0302. The number of aliphatic hydroxyl groups is 1. The van der Waals surface area contributed by atoms with Crippen LogP contribution in [0.25, 0.3) is 0 Å². The molecule has 0 saturated carbocycles. The van der Waals surface area contributed by atoms with E-state index in [1.165, 1.54) is 4.68 Å². The van der Waals surface area contributed by atoms with E-state index in [-0.39, 0.29) is 22.5 Å². The lowest BCUT2D eigenvalue weighted by atomic mass is 9.99. The molecule has 0 spiro atoms. The zero-order chi connectivity index (χ0) is 21.6. The number of anilines is 2. The van der Waals surface area contributed by atoms with Gasteiger partial charge in [0, 0.05) is 50.0 Å². The molecule has 1 aromatic carbocycles. The second-order valence-corrected chi connectivity index (χ2v) is 9.19. The van der Waals surface area contributed by atoms with Gasteiger partial charge in [-0.3, -0.25) is 4.79 Å². The summed E-state index contributed by atoms with van der Waals surface area (Å²) in [6.07, 6.45) is 3.47. The standard InChI is InChI=1S/C21H28ClN5O3S/c22-20-18(23-12-15-14-30-11-8-19(15)28)13-24-27(21(20)29)17-6-9-26(10-7-17)31-25-16-4-2-1-3-5-16/h1-5,13,15,17,19,23,25,28H,6-12,14H2. The van der Waals surface area contributed by atoms with Crippen LogP contribution in [0.2, 0.25) is 5.02 Å². The number of aliphatic hydroxyl groups excluding tert-OH is 1. The van der Waals surface area contributed by atoms with Crippen molar-refractivity contribution < 1.29 is 9.84 Å². The topological polar surface area (TPSA) is 91.6 Å². The predicted octanol–water partition coefficient (Wildman–Crippen LogP) is 3.02. The maximum Gasteiger partial charge on any atom is 0.287 e. The first-order valence-electron chi connectivity index (χ1n) is 10.6. The summed E-state index contributed by atoms with van der Waals surface area (Å²) in [5.74, 6) is -0.0291. The first-order chi connectivity index (χ1) is 15.1. The third-order valence-corrected chi connectivity index (χ3v) is 7.08. The molecule has 2 unspecified atom stereocenters. The summed E-state index contributed by atoms with van der Waals surface area (Å²) in [6, 6.07) is 10.1. The highest BCUT2D eigenvalue weighted by molar-refractivity contribution is 7.98. The molecular formula is C21H28ClN5O3S. The van der Waals surface area contributed by atoms with Crippen molar-refractivity contribution in [2.24, 2.45) is 5.92 Å². The van der Waals surface area contributed by atoms with Crippen molar-refractivity contribution >= 4 is 35.1 Å². The summed E-state index contributed by atoms with van der Waals surface area (Å²) in [7, 11) is 0. The Labute approximate surface area is 191 Å². The molecule has 0 bridgehead atoms. The highest BCUT2D eigenvalue weighted by Crippen LogP contribution is 2.27. The summed E-state index contributed by atoms with van der Waals surface area (Å²) in [4.78, 5) is 12.8. The Morgan fingerprint density at radius 2 is 2.00 bits per heavy atom. The van der Waals surface area contributed by atoms with Crippen LogP contribution in [0.15, 0.2) is 41.3 Å². The molecule has 2 aliphatic rings. The Bertz CT molecular complexity index is 908. The zero-order valence-electron chi connectivity index (χ0n) is 17.2. The third kappa shape index (κ3) is 5.72. The number of ether oxygens (including phenoxy) is 1. The van der Waals surface area contributed by atoms with Gasteiger partial charge in [-0.05, 0) is 31.4 Å². The Kier molecular flexibility index (Phi) is 7.73. The van der Waals surface area contributed by atoms with Gasteiger partial charge < -0.3 is 19.9 Å². The largest absolute Gasteiger partial charge is 0.393 e. The van der Waals surface area contributed by atoms with Crippen molar-refractivity contribution in [1.82, 2.24) is 14.1 Å². The number of piperidine rings is 1. The number of benzene rings is 1.